The van der Waals surface area contributed by atoms with Gasteiger partial charge in [-0.15, -0.1) is 11.7 Å². The summed E-state index contributed by atoms with van der Waals surface area (Å²) >= 11 is 4.17. The number of nitrogens with zero attached hydrogens (tertiary/aromatic N) is 3. The van der Waals surface area contributed by atoms with Crippen molar-refractivity contribution in [1.29, 1.82) is 0 Å². The molecule has 0 saturated carbocycles. The van der Waals surface area contributed by atoms with Gasteiger partial charge in [-0.2, -0.15) is 0 Å². The van der Waals surface area contributed by atoms with Crippen LogP contribution >= 0.6 is 22.5 Å². The maximum atomic E-state index is 4.26. The second-order valence-corrected chi connectivity index (χ2v) is 4.34. The molecule has 0 radical (unpaired) electrons. The van der Waals surface area contributed by atoms with Crippen LogP contribution in [-0.2, 0) is 0 Å². The summed E-state index contributed by atoms with van der Waals surface area (Å²) < 4.78 is 1.91. The summed E-state index contributed by atoms with van der Waals surface area (Å²) in [5, 5.41) is 0.350. The molecule has 0 aliphatic heterocycles. The lowest BCUT2D eigenvalue weighted by Gasteiger charge is -2.06. The summed E-state index contributed by atoms with van der Waals surface area (Å²) in [6.45, 7) is 2.09. The van der Waals surface area contributed by atoms with Crippen LogP contribution in [0.3, 0.4) is 0 Å². The summed E-state index contributed by atoms with van der Waals surface area (Å²) in [6.07, 6.45) is 7.39. The maximum absolute atomic E-state index is 4.26. The van der Waals surface area contributed by atoms with E-state index in [2.05, 4.69) is 28.6 Å². The molecule has 0 aromatic carbocycles. The number of hydrogen-bond donors (Lipinski definition) is 1. The lowest BCUT2D eigenvalue weighted by atomic mass is 10.3. The number of hydrogen-bond acceptors (Lipinski definition) is 4. The van der Waals surface area contributed by atoms with Crippen molar-refractivity contribution in [3.05, 3.63) is 30.5 Å². The van der Waals surface area contributed by atoms with Crippen molar-refractivity contribution in [3.8, 4) is 0 Å². The first-order valence-electron chi connectivity index (χ1n) is 3.89. The minimum atomic E-state index is 0.350. The molecule has 2 aromatic heterocycles. The Kier molecular flexibility index (Phi) is 2.46. The van der Waals surface area contributed by atoms with Crippen molar-refractivity contribution >= 4 is 28.1 Å². The number of imidazole rings is 1. The van der Waals surface area contributed by atoms with E-state index in [1.165, 1.54) is 10.8 Å². The summed E-state index contributed by atoms with van der Waals surface area (Å²) in [5.74, 6) is 0. The van der Waals surface area contributed by atoms with E-state index >= 15 is 0 Å². The molecule has 0 spiro atoms. The minimum absolute atomic E-state index is 0.350. The molecule has 1 unspecified atom stereocenters. The first-order chi connectivity index (χ1) is 6.31. The fourth-order valence-corrected chi connectivity index (χ4v) is 1.71. The van der Waals surface area contributed by atoms with Gasteiger partial charge in [-0.1, -0.05) is 10.8 Å². The van der Waals surface area contributed by atoms with Crippen LogP contribution in [0.2, 0.25) is 0 Å². The highest BCUT2D eigenvalue weighted by atomic mass is 33.1. The van der Waals surface area contributed by atoms with Gasteiger partial charge in [0.2, 0.25) is 0 Å². The predicted molar refractivity (Wildman–Crippen MR) is 58.0 cm³/mol. The number of rotatable bonds is 2. The molecule has 13 heavy (non-hydrogen) atoms. The molecule has 0 saturated heterocycles. The van der Waals surface area contributed by atoms with Crippen LogP contribution in [0, 0.1) is 0 Å². The molecule has 0 fully saturated rings. The Balaban J connectivity index is 2.48. The minimum Gasteiger partial charge on any atom is -0.290 e. The van der Waals surface area contributed by atoms with Gasteiger partial charge in [-0.05, 0) is 6.92 Å². The standard InChI is InChI=1S/C8H9N3S2/c1-6(13-12)7-2-10-8-3-9-5-11(8)4-7/h2-6,12H,1H3. The molecular weight excluding hydrogens is 202 g/mol. The summed E-state index contributed by atoms with van der Waals surface area (Å²) in [6, 6.07) is 0. The Labute approximate surface area is 85.4 Å². The summed E-state index contributed by atoms with van der Waals surface area (Å²) in [7, 11) is 1.51. The second kappa shape index (κ2) is 3.59. The largest absolute Gasteiger partial charge is 0.290 e. The van der Waals surface area contributed by atoms with Gasteiger partial charge in [0.25, 0.3) is 0 Å². The van der Waals surface area contributed by atoms with Crippen molar-refractivity contribution in [2.45, 2.75) is 12.2 Å². The molecule has 0 amide bonds. The Morgan fingerprint density at radius 3 is 3.15 bits per heavy atom. The maximum Gasteiger partial charge on any atom is 0.156 e. The third-order valence-corrected chi connectivity index (χ3v) is 3.44. The fourth-order valence-electron chi connectivity index (χ4n) is 1.10. The van der Waals surface area contributed by atoms with Crippen molar-refractivity contribution in [1.82, 2.24) is 14.4 Å². The third kappa shape index (κ3) is 1.66. The smallest absolute Gasteiger partial charge is 0.156 e. The van der Waals surface area contributed by atoms with Gasteiger partial charge >= 0.3 is 0 Å². The van der Waals surface area contributed by atoms with Crippen LogP contribution in [-0.4, -0.2) is 14.4 Å². The molecule has 0 N–H and O–H groups in total. The highest BCUT2D eigenvalue weighted by Gasteiger charge is 2.05. The van der Waals surface area contributed by atoms with Crippen molar-refractivity contribution < 1.29 is 0 Å². The quantitative estimate of drug-likeness (QED) is 0.611. The molecule has 0 bridgehead atoms. The van der Waals surface area contributed by atoms with E-state index in [9.17, 15) is 0 Å². The Bertz CT molecular complexity index is 412. The number of fused-ring (bicyclic) bond motifs is 1. The molecule has 5 heteroatoms. The summed E-state index contributed by atoms with van der Waals surface area (Å²) in [5.41, 5.74) is 2.03. The topological polar surface area (TPSA) is 30.2 Å². The Morgan fingerprint density at radius 2 is 2.38 bits per heavy atom. The van der Waals surface area contributed by atoms with Crippen LogP contribution in [0.4, 0.5) is 0 Å². The van der Waals surface area contributed by atoms with Crippen LogP contribution in [0.25, 0.3) is 5.65 Å². The van der Waals surface area contributed by atoms with E-state index in [1.54, 1.807) is 12.5 Å². The third-order valence-electron chi connectivity index (χ3n) is 1.91. The van der Waals surface area contributed by atoms with Crippen LogP contribution < -0.4 is 0 Å². The molecule has 2 aromatic rings. The van der Waals surface area contributed by atoms with Crippen molar-refractivity contribution in [3.63, 3.8) is 0 Å². The number of thiol groups is 1. The predicted octanol–water partition coefficient (Wildman–Crippen LogP) is 2.37. The zero-order valence-corrected chi connectivity index (χ0v) is 8.79. The highest BCUT2D eigenvalue weighted by Crippen LogP contribution is 2.29. The molecule has 2 heterocycles. The van der Waals surface area contributed by atoms with Gasteiger partial charge in [0.1, 0.15) is 6.33 Å². The first kappa shape index (κ1) is 8.90. The van der Waals surface area contributed by atoms with Gasteiger partial charge < -0.3 is 0 Å². The van der Waals surface area contributed by atoms with E-state index in [-0.39, 0.29) is 0 Å². The van der Waals surface area contributed by atoms with E-state index in [0.717, 1.165) is 11.2 Å². The second-order valence-electron chi connectivity index (χ2n) is 2.79. The van der Waals surface area contributed by atoms with Gasteiger partial charge in [-0.3, -0.25) is 4.40 Å². The van der Waals surface area contributed by atoms with Crippen LogP contribution in [0.5, 0.6) is 0 Å². The zero-order chi connectivity index (χ0) is 9.26. The molecular formula is C8H9N3S2. The molecule has 2 rings (SSSR count). The molecule has 0 aliphatic carbocycles. The van der Waals surface area contributed by atoms with Crippen LogP contribution in [0.1, 0.15) is 17.7 Å². The van der Waals surface area contributed by atoms with E-state index in [4.69, 9.17) is 0 Å². The molecule has 3 nitrogen and oxygen atoms in total. The molecule has 68 valence electrons. The van der Waals surface area contributed by atoms with E-state index in [1.807, 2.05) is 16.8 Å². The Morgan fingerprint density at radius 1 is 1.54 bits per heavy atom. The van der Waals surface area contributed by atoms with Gasteiger partial charge in [0, 0.05) is 23.2 Å². The van der Waals surface area contributed by atoms with Gasteiger partial charge in [0.15, 0.2) is 5.65 Å². The van der Waals surface area contributed by atoms with Gasteiger partial charge in [-0.25, -0.2) is 9.97 Å². The average Bonchev–Trinajstić information content (AvgIpc) is 2.63. The summed E-state index contributed by atoms with van der Waals surface area (Å²) in [4.78, 5) is 8.27. The highest BCUT2D eigenvalue weighted by molar-refractivity contribution is 8.68. The van der Waals surface area contributed by atoms with Crippen LogP contribution in [0.15, 0.2) is 24.9 Å². The normalized spacial score (nSPS) is 13.4. The molecule has 1 atom stereocenters. The molecule has 0 aliphatic rings. The fraction of sp³-hybridized carbons (Fsp3) is 0.250. The first-order valence-corrected chi connectivity index (χ1v) is 5.82. The SMILES string of the molecule is CC(SS)c1cnc2cncn2c1. The van der Waals surface area contributed by atoms with E-state index in [0.29, 0.717) is 5.25 Å². The van der Waals surface area contributed by atoms with Crippen molar-refractivity contribution in [2.24, 2.45) is 0 Å². The monoisotopic (exact) mass is 211 g/mol. The number of aromatic nitrogens is 3. The lowest BCUT2D eigenvalue weighted by Crippen LogP contribution is -1.93. The lowest BCUT2D eigenvalue weighted by molar-refractivity contribution is 1.01. The van der Waals surface area contributed by atoms with E-state index < -0.39 is 0 Å². The average molecular weight is 211 g/mol. The zero-order valence-electron chi connectivity index (χ0n) is 7.08. The van der Waals surface area contributed by atoms with Gasteiger partial charge in [0.05, 0.1) is 6.20 Å². The van der Waals surface area contributed by atoms with Crippen molar-refractivity contribution in [2.75, 3.05) is 0 Å². The Hall–Kier alpha value is -0.680.